The third kappa shape index (κ3) is 12.8. The van der Waals surface area contributed by atoms with E-state index in [0.717, 1.165) is 136 Å². The smallest absolute Gasteiger partial charge is 0.188 e. The number of nitrogens with one attached hydrogen (secondary N) is 5. The lowest BCUT2D eigenvalue weighted by Crippen LogP contribution is -2.61. The van der Waals surface area contributed by atoms with E-state index in [9.17, 15) is 0 Å². The second-order valence-corrected chi connectivity index (χ2v) is 31.5. The molecule has 0 aliphatic carbocycles. The summed E-state index contributed by atoms with van der Waals surface area (Å²) in [5.41, 5.74) is 8.31. The van der Waals surface area contributed by atoms with Gasteiger partial charge in [-0.05, 0) is 112 Å². The van der Waals surface area contributed by atoms with Crippen LogP contribution in [0.3, 0.4) is 0 Å². The van der Waals surface area contributed by atoms with Gasteiger partial charge in [-0.3, -0.25) is 15.3 Å². The van der Waals surface area contributed by atoms with Gasteiger partial charge in [0.05, 0.1) is 29.7 Å². The quantitative estimate of drug-likeness (QED) is 0.0761. The summed E-state index contributed by atoms with van der Waals surface area (Å²) in [5, 5.41) is 31.3. The van der Waals surface area contributed by atoms with E-state index in [-0.39, 0.29) is 11.1 Å². The summed E-state index contributed by atoms with van der Waals surface area (Å²) in [4.78, 5) is 68.3. The van der Waals surface area contributed by atoms with Crippen molar-refractivity contribution in [1.29, 1.82) is 0 Å². The molecule has 92 heavy (non-hydrogen) atoms. The number of hydrogen-bond donors (Lipinski definition) is 5. The molecular weight excluding hydrogens is 1270 g/mol. The molecule has 5 N–H and O–H groups in total. The lowest BCUT2D eigenvalue weighted by molar-refractivity contribution is 0.161. The summed E-state index contributed by atoms with van der Waals surface area (Å²) < 4.78 is 0. The predicted octanol–water partition coefficient (Wildman–Crippen LogP) is 13.1. The van der Waals surface area contributed by atoms with Crippen LogP contribution >= 0.6 is 68.0 Å². The maximum absolute atomic E-state index is 5.01. The number of hydrogen-bond acceptors (Lipinski definition) is 25. The van der Waals surface area contributed by atoms with Crippen molar-refractivity contribution >= 4 is 123 Å². The van der Waals surface area contributed by atoms with Crippen molar-refractivity contribution in [2.24, 2.45) is 0 Å². The Bertz CT molecular complexity index is 4300. The SMILES string of the molecule is CC1CC(N(C)c2nc3sc(-c4cnc(-c5cn[nH]c5)nc4)nc3s2)CCN1C.CC1CC(N(C)c2nc3sc(-c4ncc(-c5cn[nH]c5)cn4)nc3s2)CCN1C.CN(c1nc2sc(-c3ccc(-c4cn[nH]c4)c4cc[nH]c34)nc2s1)C1CC(C)(C)NC(C)(C)C1. The first-order valence-electron chi connectivity index (χ1n) is 30.8. The summed E-state index contributed by atoms with van der Waals surface area (Å²) in [7, 11) is 10.9. The predicted molar refractivity (Wildman–Crippen MR) is 378 cm³/mol. The molecule has 0 saturated carbocycles. The second-order valence-electron chi connectivity index (χ2n) is 25.7. The molecule has 3 fully saturated rings. The molecule has 0 radical (unpaired) electrons. The van der Waals surface area contributed by atoms with Gasteiger partial charge in [-0.15, -0.1) is 0 Å². The van der Waals surface area contributed by atoms with Crippen molar-refractivity contribution < 1.29 is 0 Å². The minimum absolute atomic E-state index is 0.102. The van der Waals surface area contributed by atoms with Gasteiger partial charge in [0.25, 0.3) is 0 Å². The topological polar surface area (TPSA) is 259 Å². The maximum Gasteiger partial charge on any atom is 0.188 e. The minimum Gasteiger partial charge on any atom is -0.361 e. The molecule has 16 rings (SSSR count). The lowest BCUT2D eigenvalue weighted by Gasteiger charge is -2.48. The van der Waals surface area contributed by atoms with Gasteiger partial charge in [-0.1, -0.05) is 74.1 Å². The zero-order valence-electron chi connectivity index (χ0n) is 53.1. The van der Waals surface area contributed by atoms with Gasteiger partial charge in [0, 0.05) is 158 Å². The first-order valence-corrected chi connectivity index (χ1v) is 35.7. The highest BCUT2D eigenvalue weighted by Crippen LogP contribution is 2.43. The largest absolute Gasteiger partial charge is 0.361 e. The van der Waals surface area contributed by atoms with Crippen molar-refractivity contribution in [3.05, 3.63) is 86.4 Å². The highest BCUT2D eigenvalue weighted by atomic mass is 32.1. The normalized spacial score (nSPS) is 19.6. The summed E-state index contributed by atoms with van der Waals surface area (Å²) in [5.74, 6) is 1.28. The summed E-state index contributed by atoms with van der Waals surface area (Å²) >= 11 is 9.82. The number of benzene rings is 1. The highest BCUT2D eigenvalue weighted by molar-refractivity contribution is 7.31. The maximum atomic E-state index is 5.01. The Morgan fingerprint density at radius 1 is 0.467 bits per heavy atom. The number of likely N-dealkylation sites (tertiary alicyclic amines) is 2. The number of nitrogens with zero attached hydrogens (tertiary/aromatic N) is 18. The van der Waals surface area contributed by atoms with E-state index < -0.39 is 0 Å². The van der Waals surface area contributed by atoms with Crippen molar-refractivity contribution in [3.63, 3.8) is 0 Å². The Labute approximate surface area is 556 Å². The third-order valence-electron chi connectivity index (χ3n) is 18.1. The zero-order valence-corrected chi connectivity index (χ0v) is 58.0. The molecule has 23 nitrogen and oxygen atoms in total. The van der Waals surface area contributed by atoms with Crippen LogP contribution in [0.5, 0.6) is 0 Å². The number of rotatable bonds is 12. The molecule has 4 unspecified atom stereocenters. The van der Waals surface area contributed by atoms with E-state index >= 15 is 0 Å². The number of H-pyrrole nitrogens is 4. The van der Waals surface area contributed by atoms with E-state index in [1.807, 2.05) is 37.2 Å². The first-order chi connectivity index (χ1) is 44.4. The number of thiazole rings is 6. The standard InChI is InChI=1S/C25H29N7S2.2C19H22N8S2/c1-24(2)10-15(11-25(3,4)31-24)32(5)23-30-22-21(34-23)29-20(33-22)18-7-6-16(14-12-27-28-13-14)17-8-9-26-19(17)18;1-11-6-14(4-5-26(11)2)27(3)19-25-18-17(29-19)24-16(28-18)13-7-20-15(21-8-13)12-9-22-23-10-12;1-11-6-14(4-5-26(11)2)27(3)19-25-18-17(29-19)24-16(28-18)15-20-7-12(8-21-15)13-9-22-23-10-13/h6-9,12-13,15,26,31H,10-11H2,1-5H3,(H,27,28);2*7-11,14H,4-6H2,1-3H3,(H,22,23). The third-order valence-corrected chi connectivity index (χ3v) is 24.5. The van der Waals surface area contributed by atoms with Crippen LogP contribution in [0.2, 0.25) is 0 Å². The average Bonchev–Trinajstić information content (AvgIpc) is 1.66. The summed E-state index contributed by atoms with van der Waals surface area (Å²) in [6, 6.07) is 9.12. The van der Waals surface area contributed by atoms with Crippen LogP contribution < -0.4 is 20.0 Å². The van der Waals surface area contributed by atoms with Gasteiger partial charge in [0.15, 0.2) is 61.0 Å². The Balaban J connectivity index is 0.000000120. The van der Waals surface area contributed by atoms with Crippen molar-refractivity contribution in [2.45, 2.75) is 121 Å². The molecule has 13 aromatic rings. The second kappa shape index (κ2) is 25.4. The molecule has 3 saturated heterocycles. The van der Waals surface area contributed by atoms with E-state index in [0.29, 0.717) is 41.9 Å². The fourth-order valence-corrected chi connectivity index (χ4v) is 19.0. The van der Waals surface area contributed by atoms with Crippen LogP contribution in [0.15, 0.2) is 86.4 Å². The average molecular weight is 1340 g/mol. The van der Waals surface area contributed by atoms with Crippen LogP contribution in [0.25, 0.3) is 106 Å². The van der Waals surface area contributed by atoms with Gasteiger partial charge >= 0.3 is 0 Å². The van der Waals surface area contributed by atoms with Crippen LogP contribution in [0.4, 0.5) is 15.4 Å². The number of piperidine rings is 3. The molecule has 0 amide bonds. The highest BCUT2D eigenvalue weighted by Gasteiger charge is 2.40. The fraction of sp³-hybridized carbons (Fsp3) is 0.413. The van der Waals surface area contributed by atoms with Crippen LogP contribution in [-0.2, 0) is 0 Å². The molecule has 3 aliphatic heterocycles. The van der Waals surface area contributed by atoms with Crippen molar-refractivity contribution in [1.82, 2.24) is 101 Å². The molecule has 15 heterocycles. The zero-order chi connectivity index (χ0) is 63.6. The molecule has 1 aromatic carbocycles. The molecular formula is C63H73N23S6. The van der Waals surface area contributed by atoms with Gasteiger partial charge in [-0.2, -0.15) is 15.3 Å². The molecule has 3 aliphatic rings. The lowest BCUT2D eigenvalue weighted by atomic mass is 9.79. The van der Waals surface area contributed by atoms with Gasteiger partial charge in [0.1, 0.15) is 10.0 Å². The van der Waals surface area contributed by atoms with Crippen molar-refractivity contribution in [2.75, 3.05) is 63.0 Å². The van der Waals surface area contributed by atoms with Crippen LogP contribution in [0, 0.1) is 0 Å². The monoisotopic (exact) mass is 1340 g/mol. The first kappa shape index (κ1) is 61.9. The number of aromatic nitrogens is 17. The van der Waals surface area contributed by atoms with Gasteiger partial charge < -0.3 is 34.8 Å². The van der Waals surface area contributed by atoms with Gasteiger partial charge in [0.2, 0.25) is 0 Å². The van der Waals surface area contributed by atoms with E-state index in [1.165, 1.54) is 24.6 Å². The van der Waals surface area contributed by atoms with Crippen LogP contribution in [0.1, 0.15) is 80.1 Å². The Morgan fingerprint density at radius 3 is 1.43 bits per heavy atom. The van der Waals surface area contributed by atoms with Crippen LogP contribution in [-0.4, -0.2) is 185 Å². The molecule has 476 valence electrons. The summed E-state index contributed by atoms with van der Waals surface area (Å²) in [6.45, 7) is 16.0. The van der Waals surface area contributed by atoms with E-state index in [2.05, 4.69) is 180 Å². The Hall–Kier alpha value is -7.61. The molecule has 0 spiro atoms. The Kier molecular flexibility index (Phi) is 17.1. The molecule has 4 atom stereocenters. The van der Waals surface area contributed by atoms with E-state index in [4.69, 9.17) is 29.9 Å². The number of aromatic amines is 4. The van der Waals surface area contributed by atoms with E-state index in [1.54, 1.807) is 99.0 Å². The van der Waals surface area contributed by atoms with Crippen molar-refractivity contribution in [3.8, 4) is 65.6 Å². The molecule has 0 bridgehead atoms. The minimum atomic E-state index is 0.102. The molecule has 29 heteroatoms. The molecule has 12 aromatic heterocycles. The number of anilines is 3. The number of fused-ring (bicyclic) bond motifs is 4. The summed E-state index contributed by atoms with van der Waals surface area (Å²) in [6.07, 6.45) is 26.9. The van der Waals surface area contributed by atoms with Gasteiger partial charge in [-0.25, -0.2) is 49.8 Å². The fourth-order valence-electron chi connectivity index (χ4n) is 12.9. The Morgan fingerprint density at radius 2 is 0.913 bits per heavy atom.